The number of allylic oxidation sites excluding steroid dienone is 1. The van der Waals surface area contributed by atoms with Crippen molar-refractivity contribution in [2.75, 3.05) is 0 Å². The second-order valence-electron chi connectivity index (χ2n) is 2.75. The highest BCUT2D eigenvalue weighted by atomic mass is 16.1. The van der Waals surface area contributed by atoms with Crippen molar-refractivity contribution in [1.29, 1.82) is 0 Å². The van der Waals surface area contributed by atoms with E-state index in [0.29, 0.717) is 0 Å². The Labute approximate surface area is 62.1 Å². The molecule has 0 aliphatic carbocycles. The summed E-state index contributed by atoms with van der Waals surface area (Å²) in [7, 11) is 0. The molecule has 0 spiro atoms. The highest BCUT2D eigenvalue weighted by Crippen LogP contribution is 2.03. The fraction of sp³-hybridized carbons (Fsp3) is 0.750. The van der Waals surface area contributed by atoms with Gasteiger partial charge in [0.2, 0.25) is 0 Å². The van der Waals surface area contributed by atoms with E-state index >= 15 is 0 Å². The second kappa shape index (κ2) is 5.21. The van der Waals surface area contributed by atoms with E-state index in [0.717, 1.165) is 24.8 Å². The van der Waals surface area contributed by atoms with E-state index in [1.807, 2.05) is 12.9 Å². The van der Waals surface area contributed by atoms with Gasteiger partial charge in [0.1, 0.15) is 5.94 Å². The lowest BCUT2D eigenvalue weighted by atomic mass is 10.1. The molecule has 0 radical (unpaired) electrons. The van der Waals surface area contributed by atoms with Crippen molar-refractivity contribution in [3.05, 3.63) is 5.57 Å². The molecule has 0 aromatic heterocycles. The molecule has 0 saturated carbocycles. The Balaban J connectivity index is 3.29. The lowest BCUT2D eigenvalue weighted by molar-refractivity contribution is 0.563. The van der Waals surface area contributed by atoms with Crippen LogP contribution in [-0.4, -0.2) is 12.0 Å². The van der Waals surface area contributed by atoms with Crippen LogP contribution in [0.3, 0.4) is 0 Å². The molecular formula is C8H15NO. The normalized spacial score (nSPS) is 12.3. The average Bonchev–Trinajstić information content (AvgIpc) is 1.87. The minimum absolute atomic E-state index is 0.249. The smallest absolute Gasteiger partial charge is 0.123 e. The van der Waals surface area contributed by atoms with Crippen LogP contribution in [0.4, 0.5) is 0 Å². The minimum Gasteiger partial charge on any atom is -0.328 e. The largest absolute Gasteiger partial charge is 0.328 e. The van der Waals surface area contributed by atoms with E-state index in [2.05, 4.69) is 0 Å². The van der Waals surface area contributed by atoms with Crippen LogP contribution in [0, 0.1) is 0 Å². The third-order valence-electron chi connectivity index (χ3n) is 1.39. The zero-order valence-corrected chi connectivity index (χ0v) is 6.68. The van der Waals surface area contributed by atoms with Gasteiger partial charge >= 0.3 is 0 Å². The number of nitrogens with two attached hydrogens (primary N) is 1. The fourth-order valence-electron chi connectivity index (χ4n) is 0.740. The lowest BCUT2D eigenvalue weighted by Gasteiger charge is -2.01. The number of carbonyl (C=O) groups excluding carboxylic acids is 1. The SMILES string of the molecule is CC(=C=O)CCCC(C)N. The predicted octanol–water partition coefficient (Wildman–Crippen LogP) is 1.28. The van der Waals surface area contributed by atoms with Crippen LogP contribution in [0.2, 0.25) is 0 Å². The van der Waals surface area contributed by atoms with Crippen LogP contribution in [0.5, 0.6) is 0 Å². The fourth-order valence-corrected chi connectivity index (χ4v) is 0.740. The van der Waals surface area contributed by atoms with Gasteiger partial charge in [0.15, 0.2) is 0 Å². The minimum atomic E-state index is 0.249. The Morgan fingerprint density at radius 3 is 2.70 bits per heavy atom. The monoisotopic (exact) mass is 141 g/mol. The van der Waals surface area contributed by atoms with Gasteiger partial charge in [-0.05, 0) is 33.1 Å². The maximum absolute atomic E-state index is 9.99. The molecule has 0 aromatic rings. The van der Waals surface area contributed by atoms with Gasteiger partial charge in [-0.1, -0.05) is 0 Å². The average molecular weight is 141 g/mol. The summed E-state index contributed by atoms with van der Waals surface area (Å²) in [6.07, 6.45) is 2.82. The van der Waals surface area contributed by atoms with Crippen molar-refractivity contribution in [3.63, 3.8) is 0 Å². The molecule has 0 aliphatic heterocycles. The van der Waals surface area contributed by atoms with Gasteiger partial charge in [-0.25, -0.2) is 4.79 Å². The molecule has 10 heavy (non-hydrogen) atoms. The first kappa shape index (κ1) is 9.41. The molecule has 0 saturated heterocycles. The summed E-state index contributed by atoms with van der Waals surface area (Å²) in [6.45, 7) is 3.77. The van der Waals surface area contributed by atoms with Crippen LogP contribution in [0.1, 0.15) is 33.1 Å². The van der Waals surface area contributed by atoms with Gasteiger partial charge in [-0.15, -0.1) is 0 Å². The highest BCUT2D eigenvalue weighted by molar-refractivity contribution is 5.50. The standard InChI is InChI=1S/C8H15NO/c1-7(6-10)4-3-5-8(2)9/h8H,3-5,9H2,1-2H3. The summed E-state index contributed by atoms with van der Waals surface area (Å²) >= 11 is 0. The predicted molar refractivity (Wildman–Crippen MR) is 42.4 cm³/mol. The van der Waals surface area contributed by atoms with E-state index in [9.17, 15) is 4.79 Å². The zero-order valence-electron chi connectivity index (χ0n) is 6.68. The van der Waals surface area contributed by atoms with Crippen LogP contribution >= 0.6 is 0 Å². The maximum atomic E-state index is 9.99. The van der Waals surface area contributed by atoms with Crippen molar-refractivity contribution < 1.29 is 4.79 Å². The Bertz CT molecular complexity index is 134. The van der Waals surface area contributed by atoms with Gasteiger partial charge in [0, 0.05) is 11.6 Å². The number of hydrogen-bond acceptors (Lipinski definition) is 2. The molecule has 1 unspecified atom stereocenters. The highest BCUT2D eigenvalue weighted by Gasteiger charge is 1.94. The number of hydrogen-bond donors (Lipinski definition) is 1. The summed E-state index contributed by atoms with van der Waals surface area (Å²) in [5.74, 6) is 1.86. The molecule has 0 heterocycles. The molecule has 58 valence electrons. The second-order valence-corrected chi connectivity index (χ2v) is 2.75. The summed E-state index contributed by atoms with van der Waals surface area (Å²) in [4.78, 5) is 9.99. The Morgan fingerprint density at radius 1 is 1.70 bits per heavy atom. The molecule has 1 atom stereocenters. The van der Waals surface area contributed by atoms with Crippen LogP contribution in [0.25, 0.3) is 0 Å². The van der Waals surface area contributed by atoms with E-state index in [1.165, 1.54) is 0 Å². The molecule has 2 N–H and O–H groups in total. The summed E-state index contributed by atoms with van der Waals surface area (Å²) < 4.78 is 0. The van der Waals surface area contributed by atoms with Crippen molar-refractivity contribution in [1.82, 2.24) is 0 Å². The topological polar surface area (TPSA) is 43.1 Å². The molecule has 2 nitrogen and oxygen atoms in total. The maximum Gasteiger partial charge on any atom is 0.123 e. The van der Waals surface area contributed by atoms with Crippen molar-refractivity contribution in [2.45, 2.75) is 39.2 Å². The third-order valence-corrected chi connectivity index (χ3v) is 1.39. The molecule has 0 amide bonds. The Morgan fingerprint density at radius 2 is 2.30 bits per heavy atom. The van der Waals surface area contributed by atoms with E-state index < -0.39 is 0 Å². The molecule has 0 aromatic carbocycles. The van der Waals surface area contributed by atoms with Gasteiger partial charge in [0.05, 0.1) is 0 Å². The summed E-state index contributed by atoms with van der Waals surface area (Å²) in [5.41, 5.74) is 6.30. The molecular weight excluding hydrogens is 126 g/mol. The van der Waals surface area contributed by atoms with Gasteiger partial charge in [-0.2, -0.15) is 0 Å². The van der Waals surface area contributed by atoms with Crippen LogP contribution < -0.4 is 5.73 Å². The van der Waals surface area contributed by atoms with Gasteiger partial charge in [0.25, 0.3) is 0 Å². The molecule has 2 heteroatoms. The van der Waals surface area contributed by atoms with Crippen molar-refractivity contribution in [3.8, 4) is 0 Å². The van der Waals surface area contributed by atoms with Crippen molar-refractivity contribution >= 4 is 5.94 Å². The van der Waals surface area contributed by atoms with Gasteiger partial charge < -0.3 is 5.73 Å². The van der Waals surface area contributed by atoms with Gasteiger partial charge in [-0.3, -0.25) is 0 Å². The van der Waals surface area contributed by atoms with Crippen molar-refractivity contribution in [2.24, 2.45) is 5.73 Å². The molecule has 0 fully saturated rings. The summed E-state index contributed by atoms with van der Waals surface area (Å²) in [5, 5.41) is 0. The van der Waals surface area contributed by atoms with Crippen LogP contribution in [-0.2, 0) is 4.79 Å². The van der Waals surface area contributed by atoms with E-state index in [1.54, 1.807) is 6.92 Å². The zero-order chi connectivity index (χ0) is 7.98. The third kappa shape index (κ3) is 5.54. The molecule has 0 rings (SSSR count). The first-order valence-corrected chi connectivity index (χ1v) is 3.63. The van der Waals surface area contributed by atoms with E-state index in [-0.39, 0.29) is 6.04 Å². The quantitative estimate of drug-likeness (QED) is 0.599. The first-order chi connectivity index (χ1) is 4.66. The Hall–Kier alpha value is -0.590. The number of rotatable bonds is 4. The Kier molecular flexibility index (Phi) is 4.91. The first-order valence-electron chi connectivity index (χ1n) is 3.63. The van der Waals surface area contributed by atoms with Crippen LogP contribution in [0.15, 0.2) is 5.57 Å². The summed E-state index contributed by atoms with van der Waals surface area (Å²) in [6, 6.07) is 0.249. The van der Waals surface area contributed by atoms with E-state index in [4.69, 9.17) is 5.73 Å². The lowest BCUT2D eigenvalue weighted by Crippen LogP contribution is -2.13. The molecule has 0 bridgehead atoms. The molecule has 0 aliphatic rings.